The number of carboxylic acids is 1. The number of nitrogens with zero attached hydrogens (tertiary/aromatic N) is 1. The van der Waals surface area contributed by atoms with E-state index in [9.17, 15) is 14.4 Å². The van der Waals surface area contributed by atoms with Crippen LogP contribution >= 0.6 is 0 Å². The molecule has 0 aromatic heterocycles. The van der Waals surface area contributed by atoms with Gasteiger partial charge in [0.1, 0.15) is 6.04 Å². The van der Waals surface area contributed by atoms with Crippen molar-refractivity contribution >= 4 is 17.8 Å². The molecule has 1 aliphatic heterocycles. The summed E-state index contributed by atoms with van der Waals surface area (Å²) in [6.07, 6.45) is 0.165. The second-order valence-corrected chi connectivity index (χ2v) is 4.35. The maximum atomic E-state index is 11.8. The minimum absolute atomic E-state index is 0.165. The van der Waals surface area contributed by atoms with Crippen LogP contribution in [0.15, 0.2) is 0 Å². The number of aliphatic carboxylic acids is 1. The lowest BCUT2D eigenvalue weighted by atomic mass is 9.85. The Bertz CT molecular complexity index is 357. The van der Waals surface area contributed by atoms with Gasteiger partial charge in [-0.1, -0.05) is 0 Å². The van der Waals surface area contributed by atoms with Crippen LogP contribution in [0, 0.1) is 5.92 Å². The molecule has 0 saturated carbocycles. The molecule has 7 nitrogen and oxygen atoms in total. The fourth-order valence-corrected chi connectivity index (χ4v) is 2.17. The second-order valence-electron chi connectivity index (χ2n) is 4.35. The molecule has 0 radical (unpaired) electrons. The summed E-state index contributed by atoms with van der Waals surface area (Å²) in [6, 6.07) is -2.44. The summed E-state index contributed by atoms with van der Waals surface area (Å²) in [5, 5.41) is 8.93. The fraction of sp³-hybridized carbons (Fsp3) is 0.700. The summed E-state index contributed by atoms with van der Waals surface area (Å²) < 4.78 is 0. The molecule has 0 bridgehead atoms. The number of amides is 2. The standard InChI is InChI=1S/C10H17N3O4/c1-4-6(8(12)14)3-7(11)9(15)13(4)5(2)10(16)17/h4-7H,3,11H2,1-2H3,(H2,12,14)(H,16,17). The Kier molecular flexibility index (Phi) is 3.72. The Hall–Kier alpha value is -1.63. The average Bonchev–Trinajstić information content (AvgIpc) is 2.22. The van der Waals surface area contributed by atoms with E-state index in [2.05, 4.69) is 0 Å². The van der Waals surface area contributed by atoms with Gasteiger partial charge in [-0.15, -0.1) is 0 Å². The van der Waals surface area contributed by atoms with E-state index in [0.29, 0.717) is 0 Å². The molecule has 0 aromatic carbocycles. The number of hydrogen-bond acceptors (Lipinski definition) is 4. The quantitative estimate of drug-likeness (QED) is 0.556. The van der Waals surface area contributed by atoms with E-state index in [-0.39, 0.29) is 6.42 Å². The molecule has 1 aliphatic rings. The molecule has 1 fully saturated rings. The first kappa shape index (κ1) is 13.4. The zero-order chi connectivity index (χ0) is 13.3. The van der Waals surface area contributed by atoms with E-state index in [1.807, 2.05) is 0 Å². The Morgan fingerprint density at radius 2 is 2.06 bits per heavy atom. The average molecular weight is 243 g/mol. The number of nitrogens with two attached hydrogens (primary N) is 2. The lowest BCUT2D eigenvalue weighted by molar-refractivity contribution is -0.157. The van der Waals surface area contributed by atoms with Crippen molar-refractivity contribution < 1.29 is 19.5 Å². The van der Waals surface area contributed by atoms with Gasteiger partial charge in [-0.2, -0.15) is 0 Å². The third kappa shape index (κ3) is 2.38. The van der Waals surface area contributed by atoms with Crippen LogP contribution in [0.2, 0.25) is 0 Å². The maximum absolute atomic E-state index is 11.8. The van der Waals surface area contributed by atoms with E-state index in [4.69, 9.17) is 16.6 Å². The predicted molar refractivity (Wildman–Crippen MR) is 58.7 cm³/mol. The highest BCUT2D eigenvalue weighted by molar-refractivity contribution is 5.90. The van der Waals surface area contributed by atoms with Gasteiger partial charge < -0.3 is 21.5 Å². The lowest BCUT2D eigenvalue weighted by Gasteiger charge is -2.42. The summed E-state index contributed by atoms with van der Waals surface area (Å²) in [7, 11) is 0. The number of rotatable bonds is 3. The number of hydrogen-bond donors (Lipinski definition) is 3. The molecule has 17 heavy (non-hydrogen) atoms. The molecule has 2 amide bonds. The molecule has 0 spiro atoms. The van der Waals surface area contributed by atoms with Gasteiger partial charge >= 0.3 is 5.97 Å². The molecule has 4 unspecified atom stereocenters. The van der Waals surface area contributed by atoms with Crippen molar-refractivity contribution in [2.24, 2.45) is 17.4 Å². The first-order chi connectivity index (χ1) is 7.77. The molecular weight excluding hydrogens is 226 g/mol. The van der Waals surface area contributed by atoms with Gasteiger partial charge in [0.15, 0.2) is 0 Å². The first-order valence-electron chi connectivity index (χ1n) is 5.37. The summed E-state index contributed by atoms with van der Waals surface area (Å²) in [4.78, 5) is 35.1. The molecule has 7 heteroatoms. The SMILES string of the molecule is CC(C(=O)O)N1C(=O)C(N)CC(C(N)=O)C1C. The van der Waals surface area contributed by atoms with Crippen molar-refractivity contribution in [2.45, 2.75) is 38.4 Å². The summed E-state index contributed by atoms with van der Waals surface area (Å²) in [5.41, 5.74) is 10.8. The van der Waals surface area contributed by atoms with Gasteiger partial charge in [0.25, 0.3) is 0 Å². The monoisotopic (exact) mass is 243 g/mol. The number of carbonyl (C=O) groups is 3. The molecule has 96 valence electrons. The van der Waals surface area contributed by atoms with E-state index < -0.39 is 41.8 Å². The molecular formula is C10H17N3O4. The van der Waals surface area contributed by atoms with Gasteiger partial charge in [-0.25, -0.2) is 4.79 Å². The van der Waals surface area contributed by atoms with Crippen LogP contribution in [0.25, 0.3) is 0 Å². The van der Waals surface area contributed by atoms with Crippen molar-refractivity contribution in [1.82, 2.24) is 4.90 Å². The molecule has 1 heterocycles. The van der Waals surface area contributed by atoms with Crippen LogP contribution in [-0.2, 0) is 14.4 Å². The predicted octanol–water partition coefficient (Wildman–Crippen LogP) is -1.49. The number of primary amides is 1. The van der Waals surface area contributed by atoms with Gasteiger partial charge in [-0.05, 0) is 20.3 Å². The van der Waals surface area contributed by atoms with Gasteiger partial charge in [0.2, 0.25) is 11.8 Å². The van der Waals surface area contributed by atoms with Crippen LogP contribution in [0.5, 0.6) is 0 Å². The second kappa shape index (κ2) is 4.70. The molecule has 0 aromatic rings. The highest BCUT2D eigenvalue weighted by atomic mass is 16.4. The fourth-order valence-electron chi connectivity index (χ4n) is 2.17. The summed E-state index contributed by atoms with van der Waals surface area (Å²) in [5.74, 6) is -2.76. The van der Waals surface area contributed by atoms with E-state index >= 15 is 0 Å². The smallest absolute Gasteiger partial charge is 0.326 e. The van der Waals surface area contributed by atoms with Crippen LogP contribution in [0.1, 0.15) is 20.3 Å². The summed E-state index contributed by atoms with van der Waals surface area (Å²) >= 11 is 0. The van der Waals surface area contributed by atoms with Crippen LogP contribution in [-0.4, -0.2) is 45.9 Å². The third-order valence-electron chi connectivity index (χ3n) is 3.24. The van der Waals surface area contributed by atoms with Crippen LogP contribution in [0.4, 0.5) is 0 Å². The highest BCUT2D eigenvalue weighted by Crippen LogP contribution is 2.25. The van der Waals surface area contributed by atoms with Crippen molar-refractivity contribution in [3.8, 4) is 0 Å². The van der Waals surface area contributed by atoms with Crippen molar-refractivity contribution in [3.63, 3.8) is 0 Å². The molecule has 1 rings (SSSR count). The van der Waals surface area contributed by atoms with E-state index in [1.54, 1.807) is 6.92 Å². The number of likely N-dealkylation sites (tertiary alicyclic amines) is 1. The van der Waals surface area contributed by atoms with Crippen LogP contribution < -0.4 is 11.5 Å². The zero-order valence-electron chi connectivity index (χ0n) is 9.79. The molecule has 0 aliphatic carbocycles. The number of carboxylic acid groups (broad SMARTS) is 1. The summed E-state index contributed by atoms with van der Waals surface area (Å²) in [6.45, 7) is 2.99. The highest BCUT2D eigenvalue weighted by Gasteiger charge is 2.43. The van der Waals surface area contributed by atoms with Gasteiger partial charge in [0.05, 0.1) is 12.0 Å². The Morgan fingerprint density at radius 3 is 2.47 bits per heavy atom. The topological polar surface area (TPSA) is 127 Å². The normalized spacial score (nSPS) is 31.1. The van der Waals surface area contributed by atoms with Gasteiger partial charge in [0, 0.05) is 6.04 Å². The van der Waals surface area contributed by atoms with E-state index in [0.717, 1.165) is 4.90 Å². The minimum Gasteiger partial charge on any atom is -0.480 e. The largest absolute Gasteiger partial charge is 0.480 e. The first-order valence-corrected chi connectivity index (χ1v) is 5.37. The Labute approximate surface area is 98.7 Å². The third-order valence-corrected chi connectivity index (χ3v) is 3.24. The van der Waals surface area contributed by atoms with Crippen molar-refractivity contribution in [3.05, 3.63) is 0 Å². The van der Waals surface area contributed by atoms with E-state index in [1.165, 1.54) is 6.92 Å². The minimum atomic E-state index is -1.14. The van der Waals surface area contributed by atoms with Crippen molar-refractivity contribution in [1.29, 1.82) is 0 Å². The van der Waals surface area contributed by atoms with Crippen LogP contribution in [0.3, 0.4) is 0 Å². The number of carbonyl (C=O) groups excluding carboxylic acids is 2. The Morgan fingerprint density at radius 1 is 1.53 bits per heavy atom. The van der Waals surface area contributed by atoms with Crippen molar-refractivity contribution in [2.75, 3.05) is 0 Å². The maximum Gasteiger partial charge on any atom is 0.326 e. The number of piperidine rings is 1. The molecule has 5 N–H and O–H groups in total. The lowest BCUT2D eigenvalue weighted by Crippen LogP contribution is -2.62. The van der Waals surface area contributed by atoms with Gasteiger partial charge in [-0.3, -0.25) is 9.59 Å². The zero-order valence-corrected chi connectivity index (χ0v) is 9.79. The molecule has 4 atom stereocenters. The Balaban J connectivity index is 3.03. The molecule has 1 saturated heterocycles.